The smallest absolute Gasteiger partial charge is 0.242 e. The Morgan fingerprint density at radius 1 is 1.07 bits per heavy atom. The van der Waals surface area contributed by atoms with Gasteiger partial charge in [-0.05, 0) is 41.8 Å². The van der Waals surface area contributed by atoms with Crippen molar-refractivity contribution in [3.05, 3.63) is 69.5 Å². The minimum absolute atomic E-state index is 0.0646. The van der Waals surface area contributed by atoms with Crippen LogP contribution in [0, 0.1) is 5.82 Å². The predicted molar refractivity (Wildman–Crippen MR) is 105 cm³/mol. The van der Waals surface area contributed by atoms with Crippen LogP contribution < -0.4 is 5.32 Å². The molecule has 0 unspecified atom stereocenters. The van der Waals surface area contributed by atoms with E-state index >= 15 is 0 Å². The van der Waals surface area contributed by atoms with Crippen LogP contribution in [0.4, 0.5) is 4.39 Å². The molecule has 1 atom stereocenters. The van der Waals surface area contributed by atoms with Crippen LogP contribution in [-0.4, -0.2) is 29.8 Å². The van der Waals surface area contributed by atoms with Crippen molar-refractivity contribution in [1.82, 2.24) is 10.2 Å². The Balaban J connectivity index is 2.29. The van der Waals surface area contributed by atoms with Crippen molar-refractivity contribution in [2.45, 2.75) is 32.4 Å². The van der Waals surface area contributed by atoms with Gasteiger partial charge in [0.15, 0.2) is 0 Å². The van der Waals surface area contributed by atoms with E-state index in [1.807, 2.05) is 6.92 Å². The molecule has 0 aliphatic carbocycles. The summed E-state index contributed by atoms with van der Waals surface area (Å²) in [7, 11) is 1.53. The number of hydrogen-bond acceptors (Lipinski definition) is 2. The summed E-state index contributed by atoms with van der Waals surface area (Å²) in [6.07, 6.45) is 0.519. The summed E-state index contributed by atoms with van der Waals surface area (Å²) in [5.74, 6) is -0.844. The molecule has 7 heteroatoms. The lowest BCUT2D eigenvalue weighted by Crippen LogP contribution is -2.48. The molecule has 0 radical (unpaired) electrons. The highest BCUT2D eigenvalue weighted by atomic mass is 35.5. The van der Waals surface area contributed by atoms with Crippen LogP contribution in [0.1, 0.15) is 24.5 Å². The minimum Gasteiger partial charge on any atom is -0.357 e. The summed E-state index contributed by atoms with van der Waals surface area (Å²) in [6.45, 7) is 2.05. The SMILES string of the molecule is CC[C@H](C(=O)NC)N(Cc1ccc(Cl)c(Cl)c1)C(=O)Cc1ccc(F)cc1. The zero-order valence-corrected chi connectivity index (χ0v) is 16.6. The third-order valence-corrected chi connectivity index (χ3v) is 4.98. The number of benzene rings is 2. The van der Waals surface area contributed by atoms with Crippen LogP contribution in [0.2, 0.25) is 10.0 Å². The van der Waals surface area contributed by atoms with Gasteiger partial charge in [0.1, 0.15) is 11.9 Å². The first-order valence-corrected chi connectivity index (χ1v) is 9.30. The third-order valence-electron chi connectivity index (χ3n) is 4.24. The number of likely N-dealkylation sites (N-methyl/N-ethyl adjacent to an activating group) is 1. The van der Waals surface area contributed by atoms with Gasteiger partial charge in [-0.1, -0.05) is 48.3 Å². The average Bonchev–Trinajstić information content (AvgIpc) is 2.65. The zero-order chi connectivity index (χ0) is 20.0. The number of halogens is 3. The van der Waals surface area contributed by atoms with E-state index in [1.165, 1.54) is 24.1 Å². The second kappa shape index (κ2) is 9.72. The van der Waals surface area contributed by atoms with Gasteiger partial charge in [0.25, 0.3) is 0 Å². The topological polar surface area (TPSA) is 49.4 Å². The molecule has 2 aromatic rings. The van der Waals surface area contributed by atoms with E-state index < -0.39 is 6.04 Å². The monoisotopic (exact) mass is 410 g/mol. The van der Waals surface area contributed by atoms with E-state index in [1.54, 1.807) is 30.3 Å². The largest absolute Gasteiger partial charge is 0.357 e. The van der Waals surface area contributed by atoms with Crippen molar-refractivity contribution in [1.29, 1.82) is 0 Å². The predicted octanol–water partition coefficient (Wildman–Crippen LogP) is 4.23. The van der Waals surface area contributed by atoms with Crippen molar-refractivity contribution in [2.24, 2.45) is 0 Å². The van der Waals surface area contributed by atoms with Crippen LogP contribution in [-0.2, 0) is 22.6 Å². The van der Waals surface area contributed by atoms with E-state index in [-0.39, 0.29) is 30.6 Å². The van der Waals surface area contributed by atoms with Crippen molar-refractivity contribution >= 4 is 35.0 Å². The third kappa shape index (κ3) is 5.68. The maximum atomic E-state index is 13.1. The minimum atomic E-state index is -0.627. The van der Waals surface area contributed by atoms with Gasteiger partial charge in [0, 0.05) is 13.6 Å². The molecule has 0 saturated heterocycles. The maximum absolute atomic E-state index is 13.1. The molecule has 0 saturated carbocycles. The molecule has 2 rings (SSSR count). The van der Waals surface area contributed by atoms with Gasteiger partial charge >= 0.3 is 0 Å². The first kappa shape index (κ1) is 21.2. The van der Waals surface area contributed by atoms with Crippen molar-refractivity contribution in [3.8, 4) is 0 Å². The number of amides is 2. The number of nitrogens with one attached hydrogen (secondary N) is 1. The fourth-order valence-electron chi connectivity index (χ4n) is 2.80. The van der Waals surface area contributed by atoms with Gasteiger partial charge in [-0.15, -0.1) is 0 Å². The molecule has 0 aliphatic heterocycles. The Morgan fingerprint density at radius 3 is 2.26 bits per heavy atom. The highest BCUT2D eigenvalue weighted by Gasteiger charge is 2.28. The first-order chi connectivity index (χ1) is 12.8. The second-order valence-electron chi connectivity index (χ2n) is 6.11. The highest BCUT2D eigenvalue weighted by Crippen LogP contribution is 2.24. The van der Waals surface area contributed by atoms with E-state index in [4.69, 9.17) is 23.2 Å². The number of carbonyl (C=O) groups excluding carboxylic acids is 2. The van der Waals surface area contributed by atoms with Crippen molar-refractivity contribution in [2.75, 3.05) is 7.05 Å². The number of nitrogens with zero attached hydrogens (tertiary/aromatic N) is 1. The average molecular weight is 411 g/mol. The molecule has 4 nitrogen and oxygen atoms in total. The van der Waals surface area contributed by atoms with Gasteiger partial charge in [-0.25, -0.2) is 4.39 Å². The molecule has 0 fully saturated rings. The fraction of sp³-hybridized carbons (Fsp3) is 0.300. The molecule has 2 amide bonds. The lowest BCUT2D eigenvalue weighted by Gasteiger charge is -2.30. The number of carbonyl (C=O) groups is 2. The van der Waals surface area contributed by atoms with Gasteiger partial charge in [-0.2, -0.15) is 0 Å². The summed E-state index contributed by atoms with van der Waals surface area (Å²) in [5, 5.41) is 3.40. The lowest BCUT2D eigenvalue weighted by molar-refractivity contribution is -0.140. The van der Waals surface area contributed by atoms with Gasteiger partial charge in [0.05, 0.1) is 16.5 Å². The van der Waals surface area contributed by atoms with E-state index in [9.17, 15) is 14.0 Å². The summed E-state index contributed by atoms with van der Waals surface area (Å²) >= 11 is 12.0. The Labute approximate surface area is 168 Å². The van der Waals surface area contributed by atoms with Crippen LogP contribution in [0.25, 0.3) is 0 Å². The van der Waals surface area contributed by atoms with Gasteiger partial charge < -0.3 is 10.2 Å². The molecule has 0 bridgehead atoms. The Kier molecular flexibility index (Phi) is 7.63. The summed E-state index contributed by atoms with van der Waals surface area (Å²) < 4.78 is 13.1. The van der Waals surface area contributed by atoms with E-state index in [0.29, 0.717) is 22.0 Å². The molecule has 0 spiro atoms. The van der Waals surface area contributed by atoms with Gasteiger partial charge in [-0.3, -0.25) is 9.59 Å². The summed E-state index contributed by atoms with van der Waals surface area (Å²) in [4.78, 5) is 26.8. The maximum Gasteiger partial charge on any atom is 0.242 e. The molecule has 0 aliphatic rings. The summed E-state index contributed by atoms with van der Waals surface area (Å²) in [6, 6.07) is 10.2. The standard InChI is InChI=1S/C20H21Cl2FN2O2/c1-3-18(20(27)24-2)25(12-14-6-9-16(21)17(22)10-14)19(26)11-13-4-7-15(23)8-5-13/h4-10,18H,3,11-12H2,1-2H3,(H,24,27)/t18-/m1/s1. The number of rotatable bonds is 7. The van der Waals surface area contributed by atoms with E-state index in [2.05, 4.69) is 5.32 Å². The molecule has 27 heavy (non-hydrogen) atoms. The Bertz CT molecular complexity index is 812. The number of hydrogen-bond donors (Lipinski definition) is 1. The molecule has 0 aromatic heterocycles. The normalized spacial score (nSPS) is 11.7. The lowest BCUT2D eigenvalue weighted by atomic mass is 10.1. The highest BCUT2D eigenvalue weighted by molar-refractivity contribution is 6.42. The zero-order valence-electron chi connectivity index (χ0n) is 15.1. The molecule has 0 heterocycles. The van der Waals surface area contributed by atoms with Crippen LogP contribution in [0.15, 0.2) is 42.5 Å². The van der Waals surface area contributed by atoms with Crippen LogP contribution >= 0.6 is 23.2 Å². The second-order valence-corrected chi connectivity index (χ2v) is 6.93. The summed E-state index contributed by atoms with van der Waals surface area (Å²) in [5.41, 5.74) is 1.44. The van der Waals surface area contributed by atoms with E-state index in [0.717, 1.165) is 5.56 Å². The molecular formula is C20H21Cl2FN2O2. The molecule has 144 valence electrons. The Hall–Kier alpha value is -2.11. The van der Waals surface area contributed by atoms with Crippen molar-refractivity contribution in [3.63, 3.8) is 0 Å². The first-order valence-electron chi connectivity index (χ1n) is 8.55. The van der Waals surface area contributed by atoms with Crippen LogP contribution in [0.3, 0.4) is 0 Å². The molecule has 1 N–H and O–H groups in total. The quantitative estimate of drug-likeness (QED) is 0.742. The fourth-order valence-corrected chi connectivity index (χ4v) is 3.12. The molecular weight excluding hydrogens is 390 g/mol. The Morgan fingerprint density at radius 2 is 1.70 bits per heavy atom. The van der Waals surface area contributed by atoms with Crippen LogP contribution in [0.5, 0.6) is 0 Å². The molecule has 2 aromatic carbocycles. The van der Waals surface area contributed by atoms with Gasteiger partial charge in [0.2, 0.25) is 11.8 Å². The van der Waals surface area contributed by atoms with Crippen molar-refractivity contribution < 1.29 is 14.0 Å².